The second kappa shape index (κ2) is 5.45. The van der Waals surface area contributed by atoms with Crippen LogP contribution in [0.25, 0.3) is 0 Å². The lowest BCUT2D eigenvalue weighted by molar-refractivity contribution is 0.421. The van der Waals surface area contributed by atoms with Crippen LogP contribution in [0.2, 0.25) is 0 Å². The Morgan fingerprint density at radius 1 is 1.32 bits per heavy atom. The van der Waals surface area contributed by atoms with Crippen molar-refractivity contribution in [2.75, 3.05) is 18.5 Å². The fourth-order valence-corrected chi connectivity index (χ4v) is 2.09. The van der Waals surface area contributed by atoms with Crippen molar-refractivity contribution in [1.29, 1.82) is 0 Å². The zero-order valence-corrected chi connectivity index (χ0v) is 12.8. The van der Waals surface area contributed by atoms with Crippen LogP contribution in [0.3, 0.4) is 0 Å². The Hall–Kier alpha value is -1.16. The second-order valence-electron chi connectivity index (χ2n) is 6.82. The summed E-state index contributed by atoms with van der Waals surface area (Å²) in [7, 11) is 2.10. The molecule has 2 atom stereocenters. The van der Waals surface area contributed by atoms with Gasteiger partial charge in [-0.2, -0.15) is 0 Å². The van der Waals surface area contributed by atoms with Gasteiger partial charge in [-0.15, -0.1) is 0 Å². The summed E-state index contributed by atoms with van der Waals surface area (Å²) in [5.41, 5.74) is 1.10. The van der Waals surface area contributed by atoms with Gasteiger partial charge in [-0.3, -0.25) is 4.98 Å². The lowest BCUT2D eigenvalue weighted by atomic mass is 10.1. The van der Waals surface area contributed by atoms with Crippen molar-refractivity contribution in [3.05, 3.63) is 18.1 Å². The van der Waals surface area contributed by atoms with E-state index in [0.717, 1.165) is 36.4 Å². The lowest BCUT2D eigenvalue weighted by Crippen LogP contribution is -2.35. The van der Waals surface area contributed by atoms with E-state index in [0.29, 0.717) is 0 Å². The van der Waals surface area contributed by atoms with Gasteiger partial charge in [0.05, 0.1) is 18.1 Å². The van der Waals surface area contributed by atoms with E-state index in [4.69, 9.17) is 0 Å². The van der Waals surface area contributed by atoms with Gasteiger partial charge in [0.2, 0.25) is 0 Å². The first kappa shape index (κ1) is 14.3. The van der Waals surface area contributed by atoms with Gasteiger partial charge in [0.1, 0.15) is 5.82 Å². The summed E-state index contributed by atoms with van der Waals surface area (Å²) in [5.74, 6) is 2.69. The third-order valence-electron chi connectivity index (χ3n) is 3.67. The number of rotatable bonds is 5. The van der Waals surface area contributed by atoms with Crippen LogP contribution in [0.5, 0.6) is 0 Å². The first-order chi connectivity index (χ1) is 8.85. The molecule has 1 aromatic rings. The molecule has 1 aromatic heterocycles. The summed E-state index contributed by atoms with van der Waals surface area (Å²) >= 11 is 0. The minimum Gasteiger partial charge on any atom is -0.358 e. The van der Waals surface area contributed by atoms with E-state index in [1.165, 1.54) is 6.42 Å². The van der Waals surface area contributed by atoms with Crippen LogP contribution in [0, 0.1) is 11.8 Å². The highest BCUT2D eigenvalue weighted by molar-refractivity contribution is 5.34. The monoisotopic (exact) mass is 262 g/mol. The van der Waals surface area contributed by atoms with E-state index in [2.05, 4.69) is 54.9 Å². The Balaban J connectivity index is 1.87. The predicted molar refractivity (Wildman–Crippen MR) is 79.2 cm³/mol. The van der Waals surface area contributed by atoms with Crippen LogP contribution in [0.1, 0.15) is 39.8 Å². The molecule has 1 fully saturated rings. The fourth-order valence-electron chi connectivity index (χ4n) is 2.09. The van der Waals surface area contributed by atoms with E-state index >= 15 is 0 Å². The van der Waals surface area contributed by atoms with E-state index < -0.39 is 0 Å². The van der Waals surface area contributed by atoms with Crippen molar-refractivity contribution in [2.45, 2.75) is 46.2 Å². The van der Waals surface area contributed by atoms with Gasteiger partial charge < -0.3 is 10.2 Å². The Morgan fingerprint density at radius 3 is 2.47 bits per heavy atom. The van der Waals surface area contributed by atoms with Gasteiger partial charge in [0, 0.05) is 25.7 Å². The number of hydrogen-bond donors (Lipinski definition) is 1. The van der Waals surface area contributed by atoms with Crippen molar-refractivity contribution in [3.63, 3.8) is 0 Å². The van der Waals surface area contributed by atoms with Crippen molar-refractivity contribution in [2.24, 2.45) is 11.8 Å². The smallest absolute Gasteiger partial charge is 0.146 e. The lowest BCUT2D eigenvalue weighted by Gasteiger charge is -2.21. The normalized spacial score (nSPS) is 22.4. The molecule has 19 heavy (non-hydrogen) atoms. The molecule has 2 rings (SSSR count). The van der Waals surface area contributed by atoms with Crippen LogP contribution in [-0.4, -0.2) is 29.1 Å². The Kier molecular flexibility index (Phi) is 4.09. The standard InChI is InChI=1S/C15H26N4/c1-11-6-12(11)10-19(5)14-9-16-13(7-17-14)8-18-15(2,3)4/h7,9,11-12,18H,6,8,10H2,1-5H3. The van der Waals surface area contributed by atoms with E-state index in [-0.39, 0.29) is 5.54 Å². The highest BCUT2D eigenvalue weighted by Gasteiger charge is 2.33. The summed E-state index contributed by atoms with van der Waals surface area (Å²) in [6, 6.07) is 0. The molecule has 1 saturated carbocycles. The van der Waals surface area contributed by atoms with Crippen LogP contribution in [0.15, 0.2) is 12.4 Å². The van der Waals surface area contributed by atoms with Gasteiger partial charge in [0.15, 0.2) is 0 Å². The molecule has 4 heteroatoms. The number of nitrogens with one attached hydrogen (secondary N) is 1. The molecule has 106 valence electrons. The summed E-state index contributed by atoms with van der Waals surface area (Å²) in [6.07, 6.45) is 5.11. The van der Waals surface area contributed by atoms with Crippen LogP contribution in [-0.2, 0) is 6.54 Å². The van der Waals surface area contributed by atoms with Crippen molar-refractivity contribution < 1.29 is 0 Å². The third-order valence-corrected chi connectivity index (χ3v) is 3.67. The van der Waals surface area contributed by atoms with E-state index in [1.807, 2.05) is 12.4 Å². The molecule has 2 unspecified atom stereocenters. The second-order valence-corrected chi connectivity index (χ2v) is 6.82. The first-order valence-corrected chi connectivity index (χ1v) is 7.12. The molecule has 0 radical (unpaired) electrons. The Bertz CT molecular complexity index is 407. The molecule has 1 heterocycles. The van der Waals surface area contributed by atoms with Crippen LogP contribution < -0.4 is 10.2 Å². The molecule has 0 spiro atoms. The number of aromatic nitrogens is 2. The summed E-state index contributed by atoms with van der Waals surface area (Å²) in [6.45, 7) is 10.6. The minimum absolute atomic E-state index is 0.110. The zero-order valence-electron chi connectivity index (χ0n) is 12.8. The molecule has 1 aliphatic carbocycles. The van der Waals surface area contributed by atoms with Crippen molar-refractivity contribution in [1.82, 2.24) is 15.3 Å². The molecule has 0 aliphatic heterocycles. The molecule has 0 amide bonds. The Morgan fingerprint density at radius 2 is 2.00 bits per heavy atom. The first-order valence-electron chi connectivity index (χ1n) is 7.12. The maximum atomic E-state index is 4.51. The molecule has 1 N–H and O–H groups in total. The minimum atomic E-state index is 0.110. The number of hydrogen-bond acceptors (Lipinski definition) is 4. The van der Waals surface area contributed by atoms with Crippen LogP contribution in [0.4, 0.5) is 5.82 Å². The van der Waals surface area contributed by atoms with E-state index in [1.54, 1.807) is 0 Å². The van der Waals surface area contributed by atoms with Crippen molar-refractivity contribution in [3.8, 4) is 0 Å². The largest absolute Gasteiger partial charge is 0.358 e. The average molecular weight is 262 g/mol. The molecule has 0 bridgehead atoms. The van der Waals surface area contributed by atoms with Gasteiger partial charge in [-0.05, 0) is 39.0 Å². The molecule has 0 aromatic carbocycles. The summed E-state index contributed by atoms with van der Waals surface area (Å²) in [5, 5.41) is 3.42. The molecule has 0 saturated heterocycles. The molecule has 1 aliphatic rings. The highest BCUT2D eigenvalue weighted by atomic mass is 15.2. The molecular weight excluding hydrogens is 236 g/mol. The SMILES string of the molecule is CC1CC1CN(C)c1cnc(CNC(C)(C)C)cn1. The highest BCUT2D eigenvalue weighted by Crippen LogP contribution is 2.38. The van der Waals surface area contributed by atoms with Crippen molar-refractivity contribution >= 4 is 5.82 Å². The van der Waals surface area contributed by atoms with Crippen LogP contribution >= 0.6 is 0 Å². The third kappa shape index (κ3) is 4.46. The molecular formula is C15H26N4. The maximum Gasteiger partial charge on any atom is 0.146 e. The fraction of sp³-hybridized carbons (Fsp3) is 0.733. The number of anilines is 1. The van der Waals surface area contributed by atoms with Gasteiger partial charge in [0.25, 0.3) is 0 Å². The van der Waals surface area contributed by atoms with Gasteiger partial charge >= 0.3 is 0 Å². The number of nitrogens with zero attached hydrogens (tertiary/aromatic N) is 3. The molecule has 4 nitrogen and oxygen atoms in total. The predicted octanol–water partition coefficient (Wildman–Crippen LogP) is 2.46. The van der Waals surface area contributed by atoms with Gasteiger partial charge in [-0.1, -0.05) is 6.92 Å². The zero-order chi connectivity index (χ0) is 14.0. The maximum absolute atomic E-state index is 4.51. The Labute approximate surface area is 116 Å². The summed E-state index contributed by atoms with van der Waals surface area (Å²) in [4.78, 5) is 11.2. The topological polar surface area (TPSA) is 41.1 Å². The average Bonchev–Trinajstić information content (AvgIpc) is 3.02. The van der Waals surface area contributed by atoms with Gasteiger partial charge in [-0.25, -0.2) is 4.98 Å². The summed E-state index contributed by atoms with van der Waals surface area (Å²) < 4.78 is 0. The van der Waals surface area contributed by atoms with E-state index in [9.17, 15) is 0 Å². The quantitative estimate of drug-likeness (QED) is 0.885.